The predicted octanol–water partition coefficient (Wildman–Crippen LogP) is 3.36. The van der Waals surface area contributed by atoms with E-state index >= 15 is 0 Å². The number of aromatic nitrogens is 2. The van der Waals surface area contributed by atoms with Crippen molar-refractivity contribution in [2.75, 3.05) is 0 Å². The molecule has 9 heteroatoms. The summed E-state index contributed by atoms with van der Waals surface area (Å²) >= 11 is 6.12. The Labute approximate surface area is 146 Å². The lowest BCUT2D eigenvalue weighted by Crippen LogP contribution is -2.27. The molecule has 0 radical (unpaired) electrons. The molecule has 0 fully saturated rings. The average molecular weight is 378 g/mol. The monoisotopic (exact) mass is 377 g/mol. The molecule has 25 heavy (non-hydrogen) atoms. The molecule has 136 valence electrons. The van der Waals surface area contributed by atoms with Crippen molar-refractivity contribution >= 4 is 17.5 Å². The molecule has 0 spiro atoms. The molecule has 0 saturated carbocycles. The zero-order valence-corrected chi connectivity index (χ0v) is 14.6. The molecular weight excluding hydrogens is 362 g/mol. The number of nitrogens with one attached hydrogen (secondary N) is 1. The number of halogens is 5. The first-order chi connectivity index (χ1) is 11.7. The van der Waals surface area contributed by atoms with E-state index in [1.165, 1.54) is 4.68 Å². The zero-order valence-electron chi connectivity index (χ0n) is 13.8. The smallest absolute Gasteiger partial charge is 0.226 e. The van der Waals surface area contributed by atoms with Crippen LogP contribution >= 0.6 is 11.6 Å². The Morgan fingerprint density at radius 3 is 2.20 bits per heavy atom. The van der Waals surface area contributed by atoms with Crippen LogP contribution in [0.5, 0.6) is 0 Å². The summed E-state index contributed by atoms with van der Waals surface area (Å²) in [6.07, 6.45) is 0.384. The number of hydrogen-bond donors (Lipinski definition) is 1. The maximum atomic E-state index is 13.8. The average Bonchev–Trinajstić information content (AvgIpc) is 2.85. The van der Waals surface area contributed by atoms with Gasteiger partial charge in [-0.15, -0.1) is 0 Å². The summed E-state index contributed by atoms with van der Waals surface area (Å²) in [4.78, 5) is 12.0. The predicted molar refractivity (Wildman–Crippen MR) is 84.2 cm³/mol. The Hall–Kier alpha value is -2.09. The van der Waals surface area contributed by atoms with Crippen molar-refractivity contribution in [3.8, 4) is 0 Å². The number of hydrogen-bond acceptors (Lipinski definition) is 2. The Balaban J connectivity index is 2.15. The van der Waals surface area contributed by atoms with Gasteiger partial charge in [0.15, 0.2) is 23.3 Å². The highest BCUT2D eigenvalue weighted by Gasteiger charge is 2.23. The van der Waals surface area contributed by atoms with E-state index in [1.807, 2.05) is 6.92 Å². The highest BCUT2D eigenvalue weighted by molar-refractivity contribution is 6.32. The van der Waals surface area contributed by atoms with E-state index in [1.54, 1.807) is 7.05 Å². The van der Waals surface area contributed by atoms with Crippen LogP contribution in [0, 0.1) is 30.2 Å². The van der Waals surface area contributed by atoms with E-state index in [0.717, 1.165) is 6.92 Å². The molecule has 1 heterocycles. The van der Waals surface area contributed by atoms with Crippen LogP contribution < -0.4 is 5.32 Å². The first-order valence-electron chi connectivity index (χ1n) is 7.47. The lowest BCUT2D eigenvalue weighted by Gasteiger charge is -2.11. The van der Waals surface area contributed by atoms with Gasteiger partial charge in [-0.2, -0.15) is 5.10 Å². The van der Waals surface area contributed by atoms with Gasteiger partial charge in [-0.05, 0) is 13.3 Å². The summed E-state index contributed by atoms with van der Waals surface area (Å²) in [5, 5.41) is 6.72. The molecular formula is C16H16ClF4N3O. The fourth-order valence-corrected chi connectivity index (χ4v) is 2.72. The number of aryl methyl sites for hydroxylation is 2. The SMILES string of the molecule is CCc1nn(C)c(CC(=O)NCc2c(F)c(F)c(C)c(F)c2F)c1Cl. The topological polar surface area (TPSA) is 46.9 Å². The van der Waals surface area contributed by atoms with E-state index in [4.69, 9.17) is 11.6 Å². The van der Waals surface area contributed by atoms with Crippen LogP contribution in [0.15, 0.2) is 0 Å². The Morgan fingerprint density at radius 1 is 1.16 bits per heavy atom. The number of benzene rings is 1. The number of rotatable bonds is 5. The van der Waals surface area contributed by atoms with Crippen molar-refractivity contribution in [3.05, 3.63) is 50.8 Å². The maximum absolute atomic E-state index is 13.8. The molecule has 0 aliphatic carbocycles. The molecule has 0 saturated heterocycles. The first kappa shape index (κ1) is 19.2. The van der Waals surface area contributed by atoms with Crippen LogP contribution in [0.25, 0.3) is 0 Å². The van der Waals surface area contributed by atoms with Gasteiger partial charge in [-0.25, -0.2) is 17.6 Å². The number of nitrogens with zero attached hydrogens (tertiary/aromatic N) is 2. The number of carbonyl (C=O) groups excluding carboxylic acids is 1. The van der Waals surface area contributed by atoms with Crippen molar-refractivity contribution in [2.45, 2.75) is 33.2 Å². The summed E-state index contributed by atoms with van der Waals surface area (Å²) < 4.78 is 56.1. The Morgan fingerprint density at radius 2 is 1.72 bits per heavy atom. The second kappa shape index (κ2) is 7.43. The minimum atomic E-state index is -1.52. The largest absolute Gasteiger partial charge is 0.351 e. The quantitative estimate of drug-likeness (QED) is 0.641. The van der Waals surface area contributed by atoms with Gasteiger partial charge in [0.1, 0.15) is 0 Å². The summed E-state index contributed by atoms with van der Waals surface area (Å²) in [5.41, 5.74) is -0.580. The van der Waals surface area contributed by atoms with Gasteiger partial charge >= 0.3 is 0 Å². The molecule has 0 aliphatic rings. The Kier molecular flexibility index (Phi) is 5.72. The van der Waals surface area contributed by atoms with Crippen molar-refractivity contribution in [3.63, 3.8) is 0 Å². The van der Waals surface area contributed by atoms with E-state index in [9.17, 15) is 22.4 Å². The molecule has 2 aromatic rings. The van der Waals surface area contributed by atoms with Gasteiger partial charge in [0.25, 0.3) is 0 Å². The maximum Gasteiger partial charge on any atom is 0.226 e. The molecule has 1 amide bonds. The second-order valence-electron chi connectivity index (χ2n) is 5.50. The minimum absolute atomic E-state index is 0.192. The fraction of sp³-hybridized carbons (Fsp3) is 0.375. The van der Waals surface area contributed by atoms with Crippen molar-refractivity contribution in [2.24, 2.45) is 7.05 Å². The molecule has 0 atom stereocenters. The van der Waals surface area contributed by atoms with Crippen LogP contribution in [0.4, 0.5) is 17.6 Å². The normalized spacial score (nSPS) is 11.0. The van der Waals surface area contributed by atoms with Gasteiger partial charge in [-0.1, -0.05) is 18.5 Å². The number of carbonyl (C=O) groups is 1. The third-order valence-corrected chi connectivity index (χ3v) is 4.30. The van der Waals surface area contributed by atoms with Crippen LogP contribution in [0.3, 0.4) is 0 Å². The highest BCUT2D eigenvalue weighted by atomic mass is 35.5. The van der Waals surface area contributed by atoms with Gasteiger partial charge in [-0.3, -0.25) is 9.48 Å². The van der Waals surface area contributed by atoms with Crippen molar-refractivity contribution < 1.29 is 22.4 Å². The molecule has 1 aromatic carbocycles. The summed E-state index contributed by atoms with van der Waals surface area (Å²) in [5.74, 6) is -6.63. The molecule has 1 aromatic heterocycles. The first-order valence-corrected chi connectivity index (χ1v) is 7.85. The van der Waals surface area contributed by atoms with Crippen molar-refractivity contribution in [1.29, 1.82) is 0 Å². The van der Waals surface area contributed by atoms with Gasteiger partial charge in [0.2, 0.25) is 5.91 Å². The second-order valence-corrected chi connectivity index (χ2v) is 5.88. The van der Waals surface area contributed by atoms with E-state index in [0.29, 0.717) is 22.8 Å². The van der Waals surface area contributed by atoms with Gasteiger partial charge in [0.05, 0.1) is 22.8 Å². The van der Waals surface area contributed by atoms with Crippen LogP contribution in [-0.2, 0) is 31.2 Å². The number of amides is 1. The van der Waals surface area contributed by atoms with E-state index in [2.05, 4.69) is 10.4 Å². The third-order valence-electron chi connectivity index (χ3n) is 3.87. The zero-order chi connectivity index (χ0) is 18.9. The lowest BCUT2D eigenvalue weighted by molar-refractivity contribution is -0.120. The molecule has 1 N–H and O–H groups in total. The molecule has 0 aliphatic heterocycles. The van der Waals surface area contributed by atoms with Crippen LogP contribution in [0.1, 0.15) is 29.4 Å². The van der Waals surface area contributed by atoms with Gasteiger partial charge < -0.3 is 5.32 Å². The Bertz CT molecular complexity index is 807. The molecule has 0 bridgehead atoms. The van der Waals surface area contributed by atoms with Crippen molar-refractivity contribution in [1.82, 2.24) is 15.1 Å². The standard InChI is InChI=1S/C16H16ClF4N3O/c1-4-9-12(17)10(24(3)23-9)5-11(25)22-6-8-15(20)13(18)7(2)14(19)16(8)21/h4-6H2,1-3H3,(H,22,25). The summed E-state index contributed by atoms with van der Waals surface area (Å²) in [6, 6.07) is 0. The van der Waals surface area contributed by atoms with Crippen LogP contribution in [-0.4, -0.2) is 15.7 Å². The third kappa shape index (κ3) is 3.63. The summed E-state index contributed by atoms with van der Waals surface area (Å²) in [7, 11) is 1.61. The fourth-order valence-electron chi connectivity index (χ4n) is 2.36. The van der Waals surface area contributed by atoms with Crippen LogP contribution in [0.2, 0.25) is 5.02 Å². The molecule has 4 nitrogen and oxygen atoms in total. The summed E-state index contributed by atoms with van der Waals surface area (Å²) in [6.45, 7) is 2.08. The minimum Gasteiger partial charge on any atom is -0.351 e. The van der Waals surface area contributed by atoms with Gasteiger partial charge in [0, 0.05) is 24.7 Å². The molecule has 2 rings (SSSR count). The lowest BCUT2D eigenvalue weighted by atomic mass is 10.1. The molecule has 0 unspecified atom stereocenters. The van der Waals surface area contributed by atoms with E-state index < -0.39 is 46.8 Å². The van der Waals surface area contributed by atoms with E-state index in [-0.39, 0.29) is 6.42 Å². The highest BCUT2D eigenvalue weighted by Crippen LogP contribution is 2.24.